The fourth-order valence-corrected chi connectivity index (χ4v) is 1.39. The summed E-state index contributed by atoms with van der Waals surface area (Å²) in [6, 6.07) is 4.52. The van der Waals surface area contributed by atoms with Gasteiger partial charge in [0.25, 0.3) is 0 Å². The molecule has 0 aliphatic rings. The van der Waals surface area contributed by atoms with Crippen molar-refractivity contribution in [3.8, 4) is 11.3 Å². The maximum Gasteiger partial charge on any atom is 0.416 e. The lowest BCUT2D eigenvalue weighted by atomic mass is 10.1. The van der Waals surface area contributed by atoms with E-state index in [2.05, 4.69) is 4.98 Å². The van der Waals surface area contributed by atoms with Crippen LogP contribution in [0.4, 0.5) is 13.2 Å². The topological polar surface area (TPSA) is 43.1 Å². The van der Waals surface area contributed by atoms with E-state index in [0.29, 0.717) is 6.29 Å². The number of hydrogen-bond donors (Lipinski definition) is 0. The Labute approximate surface area is 93.9 Å². The number of aldehydes is 1. The molecule has 0 spiro atoms. The molecule has 0 amide bonds. The number of rotatable bonds is 2. The Hall–Kier alpha value is -2.11. The van der Waals surface area contributed by atoms with E-state index in [4.69, 9.17) is 4.42 Å². The largest absolute Gasteiger partial charge is 0.443 e. The number of nitrogens with zero attached hydrogens (tertiary/aromatic N) is 1. The normalized spacial score (nSPS) is 11.5. The van der Waals surface area contributed by atoms with Gasteiger partial charge in [-0.05, 0) is 12.1 Å². The van der Waals surface area contributed by atoms with E-state index in [0.717, 1.165) is 18.5 Å². The number of alkyl halides is 3. The highest BCUT2D eigenvalue weighted by Crippen LogP contribution is 2.32. The second kappa shape index (κ2) is 4.04. The number of halogens is 3. The monoisotopic (exact) mass is 241 g/mol. The van der Waals surface area contributed by atoms with Crippen LogP contribution in [0.15, 0.2) is 35.1 Å². The van der Waals surface area contributed by atoms with Gasteiger partial charge in [0.1, 0.15) is 5.69 Å². The van der Waals surface area contributed by atoms with Crippen LogP contribution in [0.2, 0.25) is 0 Å². The van der Waals surface area contributed by atoms with Crippen molar-refractivity contribution in [3.63, 3.8) is 0 Å². The molecule has 0 atom stereocenters. The first-order valence-electron chi connectivity index (χ1n) is 4.58. The minimum absolute atomic E-state index is 0.0238. The molecule has 2 aromatic rings. The van der Waals surface area contributed by atoms with E-state index in [9.17, 15) is 18.0 Å². The molecule has 0 saturated heterocycles. The first-order valence-corrected chi connectivity index (χ1v) is 4.58. The van der Waals surface area contributed by atoms with Crippen LogP contribution in [0.1, 0.15) is 16.1 Å². The lowest BCUT2D eigenvalue weighted by molar-refractivity contribution is -0.137. The highest BCUT2D eigenvalue weighted by molar-refractivity contribution is 5.82. The van der Waals surface area contributed by atoms with Gasteiger partial charge in [-0.15, -0.1) is 0 Å². The highest BCUT2D eigenvalue weighted by Gasteiger charge is 2.30. The van der Waals surface area contributed by atoms with Crippen molar-refractivity contribution in [1.29, 1.82) is 0 Å². The molecule has 0 unspecified atom stereocenters. The summed E-state index contributed by atoms with van der Waals surface area (Å²) >= 11 is 0. The maximum absolute atomic E-state index is 12.5. The van der Waals surface area contributed by atoms with Crippen LogP contribution in [-0.4, -0.2) is 11.3 Å². The zero-order valence-electron chi connectivity index (χ0n) is 8.36. The number of carbonyl (C=O) groups excluding carboxylic acids is 1. The molecule has 2 rings (SSSR count). The number of hydrogen-bond acceptors (Lipinski definition) is 3. The Balaban J connectivity index is 2.51. The minimum atomic E-state index is -4.43. The second-order valence-corrected chi connectivity index (χ2v) is 3.26. The fraction of sp³-hybridized carbons (Fsp3) is 0.0909. The molecule has 3 nitrogen and oxygen atoms in total. The number of benzene rings is 1. The predicted octanol–water partition coefficient (Wildman–Crippen LogP) is 3.17. The minimum Gasteiger partial charge on any atom is -0.443 e. The van der Waals surface area contributed by atoms with Gasteiger partial charge in [-0.3, -0.25) is 4.79 Å². The summed E-state index contributed by atoms with van der Waals surface area (Å²) in [6.07, 6.45) is -2.99. The maximum atomic E-state index is 12.5. The highest BCUT2D eigenvalue weighted by atomic mass is 19.4. The van der Waals surface area contributed by atoms with Crippen LogP contribution >= 0.6 is 0 Å². The molecule has 1 aromatic heterocycles. The average Bonchev–Trinajstić information content (AvgIpc) is 2.76. The van der Waals surface area contributed by atoms with Crippen LogP contribution in [0.3, 0.4) is 0 Å². The fourth-order valence-electron chi connectivity index (χ4n) is 1.39. The Kier molecular flexibility index (Phi) is 2.71. The summed E-state index contributed by atoms with van der Waals surface area (Å²) in [5, 5.41) is 0. The van der Waals surface area contributed by atoms with Crippen molar-refractivity contribution in [2.24, 2.45) is 0 Å². The van der Waals surface area contributed by atoms with Crippen LogP contribution < -0.4 is 0 Å². The molecule has 0 fully saturated rings. The van der Waals surface area contributed by atoms with Gasteiger partial charge in [0.05, 0.1) is 5.56 Å². The third-order valence-electron chi connectivity index (χ3n) is 2.16. The van der Waals surface area contributed by atoms with Gasteiger partial charge in [0.15, 0.2) is 18.4 Å². The zero-order chi connectivity index (χ0) is 12.5. The van der Waals surface area contributed by atoms with Gasteiger partial charge in [-0.1, -0.05) is 12.1 Å². The second-order valence-electron chi connectivity index (χ2n) is 3.26. The quantitative estimate of drug-likeness (QED) is 0.758. The Morgan fingerprint density at radius 1 is 1.29 bits per heavy atom. The van der Waals surface area contributed by atoms with Crippen LogP contribution in [-0.2, 0) is 6.18 Å². The first kappa shape index (κ1) is 11.4. The Morgan fingerprint density at radius 3 is 2.71 bits per heavy atom. The molecule has 1 aromatic carbocycles. The zero-order valence-corrected chi connectivity index (χ0v) is 8.36. The summed E-state index contributed by atoms with van der Waals surface area (Å²) in [5.41, 5.74) is -0.660. The molecule has 88 valence electrons. The van der Waals surface area contributed by atoms with E-state index in [1.54, 1.807) is 0 Å². The molecule has 0 radical (unpaired) electrons. The number of oxazole rings is 1. The number of aromatic nitrogens is 1. The van der Waals surface area contributed by atoms with E-state index in [1.807, 2.05) is 0 Å². The van der Waals surface area contributed by atoms with Gasteiger partial charge in [-0.2, -0.15) is 13.2 Å². The van der Waals surface area contributed by atoms with Gasteiger partial charge >= 0.3 is 6.18 Å². The molecule has 0 aliphatic carbocycles. The van der Waals surface area contributed by atoms with Crippen molar-refractivity contribution in [1.82, 2.24) is 4.98 Å². The van der Waals surface area contributed by atoms with E-state index >= 15 is 0 Å². The van der Waals surface area contributed by atoms with Crippen molar-refractivity contribution in [3.05, 3.63) is 41.9 Å². The number of carbonyl (C=O) groups is 1. The Morgan fingerprint density at radius 2 is 2.06 bits per heavy atom. The molecule has 0 aliphatic heterocycles. The van der Waals surface area contributed by atoms with Crippen LogP contribution in [0.5, 0.6) is 0 Å². The lowest BCUT2D eigenvalue weighted by Crippen LogP contribution is -2.04. The molecule has 6 heteroatoms. The van der Waals surface area contributed by atoms with Crippen LogP contribution in [0, 0.1) is 0 Å². The van der Waals surface area contributed by atoms with E-state index in [-0.39, 0.29) is 17.0 Å². The van der Waals surface area contributed by atoms with E-state index in [1.165, 1.54) is 12.1 Å². The standard InChI is InChI=1S/C11H6F3NO2/c12-11(13,14)8-3-1-2-7(4-8)10-9(5-16)15-6-17-10/h1-6H. The molecule has 0 N–H and O–H groups in total. The summed E-state index contributed by atoms with van der Waals surface area (Å²) in [6.45, 7) is 0. The Bertz CT molecular complexity index is 546. The average molecular weight is 241 g/mol. The van der Waals surface area contributed by atoms with Crippen molar-refractivity contribution < 1.29 is 22.4 Å². The SMILES string of the molecule is O=Cc1ncoc1-c1cccc(C(F)(F)F)c1. The smallest absolute Gasteiger partial charge is 0.416 e. The lowest BCUT2D eigenvalue weighted by Gasteiger charge is -2.07. The van der Waals surface area contributed by atoms with Crippen molar-refractivity contribution in [2.75, 3.05) is 0 Å². The molecular weight excluding hydrogens is 235 g/mol. The molecule has 0 bridgehead atoms. The van der Waals surface area contributed by atoms with Gasteiger partial charge in [0, 0.05) is 5.56 Å². The van der Waals surface area contributed by atoms with Gasteiger partial charge in [0.2, 0.25) is 0 Å². The van der Waals surface area contributed by atoms with E-state index < -0.39 is 11.7 Å². The first-order chi connectivity index (χ1) is 8.02. The van der Waals surface area contributed by atoms with Crippen LogP contribution in [0.25, 0.3) is 11.3 Å². The molecule has 17 heavy (non-hydrogen) atoms. The third kappa shape index (κ3) is 2.20. The summed E-state index contributed by atoms with van der Waals surface area (Å²) in [5.74, 6) is 0.0334. The van der Waals surface area contributed by atoms with Crippen molar-refractivity contribution in [2.45, 2.75) is 6.18 Å². The van der Waals surface area contributed by atoms with Crippen molar-refractivity contribution >= 4 is 6.29 Å². The summed E-state index contributed by atoms with van der Waals surface area (Å²) in [7, 11) is 0. The molecule has 0 saturated carbocycles. The molecular formula is C11H6F3NO2. The summed E-state index contributed by atoms with van der Waals surface area (Å²) < 4.78 is 42.3. The van der Waals surface area contributed by atoms with Gasteiger partial charge in [-0.25, -0.2) is 4.98 Å². The molecule has 1 heterocycles. The third-order valence-corrected chi connectivity index (χ3v) is 2.16. The van der Waals surface area contributed by atoms with Gasteiger partial charge < -0.3 is 4.42 Å². The predicted molar refractivity (Wildman–Crippen MR) is 52.3 cm³/mol. The summed E-state index contributed by atoms with van der Waals surface area (Å²) in [4.78, 5) is 14.2.